The van der Waals surface area contributed by atoms with Crippen molar-refractivity contribution >= 4 is 43.9 Å². The first-order chi connectivity index (χ1) is 14.2. The lowest BCUT2D eigenvalue weighted by Gasteiger charge is -2.14. The summed E-state index contributed by atoms with van der Waals surface area (Å²) in [6.07, 6.45) is 1.05. The van der Waals surface area contributed by atoms with E-state index >= 15 is 0 Å². The highest BCUT2D eigenvalue weighted by Crippen LogP contribution is 2.38. The summed E-state index contributed by atoms with van der Waals surface area (Å²) in [7, 11) is -4.27. The summed E-state index contributed by atoms with van der Waals surface area (Å²) in [5.41, 5.74) is 0.620. The molecule has 0 bridgehead atoms. The predicted molar refractivity (Wildman–Crippen MR) is 109 cm³/mol. The molecular formula is C21H10Cl2F3NO2S. The van der Waals surface area contributed by atoms with Crippen LogP contribution in [0.15, 0.2) is 70.6 Å². The monoisotopic (exact) mass is 467 g/mol. The lowest BCUT2D eigenvalue weighted by Crippen LogP contribution is -2.06. The lowest BCUT2D eigenvalue weighted by atomic mass is 10.0. The van der Waals surface area contributed by atoms with Gasteiger partial charge < -0.3 is 0 Å². The van der Waals surface area contributed by atoms with E-state index in [-0.39, 0.29) is 36.3 Å². The van der Waals surface area contributed by atoms with Gasteiger partial charge in [0.05, 0.1) is 25.4 Å². The third kappa shape index (κ3) is 3.53. The predicted octanol–water partition coefficient (Wildman–Crippen LogP) is 6.46. The van der Waals surface area contributed by atoms with E-state index in [0.717, 1.165) is 42.6 Å². The summed E-state index contributed by atoms with van der Waals surface area (Å²) in [4.78, 5) is 3.43. The molecule has 1 aromatic heterocycles. The quantitative estimate of drug-likeness (QED) is 0.347. The molecule has 0 saturated heterocycles. The van der Waals surface area contributed by atoms with Gasteiger partial charge in [-0.2, -0.15) is 0 Å². The minimum absolute atomic E-state index is 0.136. The van der Waals surface area contributed by atoms with Gasteiger partial charge in [-0.15, -0.1) is 0 Å². The standard InChI is InChI=1S/C21H10Cl2F3NO2S/c22-15-6-5-13(7-17(15)25)30(28,29)20-10-27-19-9-18(26)16(23)8-14(19)21(20)11-1-3-12(24)4-2-11/h1-10H. The van der Waals surface area contributed by atoms with Crippen molar-refractivity contribution in [3.05, 3.63) is 88.3 Å². The Morgan fingerprint density at radius 1 is 0.800 bits per heavy atom. The summed E-state index contributed by atoms with van der Waals surface area (Å²) < 4.78 is 68.0. The average molecular weight is 468 g/mol. The summed E-state index contributed by atoms with van der Waals surface area (Å²) in [5, 5.41) is -0.227. The summed E-state index contributed by atoms with van der Waals surface area (Å²) in [6, 6.07) is 10.5. The Bertz CT molecular complexity index is 1410. The number of nitrogens with zero attached hydrogens (tertiary/aromatic N) is 1. The topological polar surface area (TPSA) is 47.0 Å². The third-order valence-electron chi connectivity index (χ3n) is 4.50. The van der Waals surface area contributed by atoms with E-state index < -0.39 is 27.3 Å². The van der Waals surface area contributed by atoms with Crippen molar-refractivity contribution in [2.24, 2.45) is 0 Å². The Balaban J connectivity index is 2.09. The maximum Gasteiger partial charge on any atom is 0.208 e. The molecule has 1 heterocycles. The zero-order valence-corrected chi connectivity index (χ0v) is 17.2. The van der Waals surface area contributed by atoms with E-state index in [4.69, 9.17) is 23.2 Å². The lowest BCUT2D eigenvalue weighted by molar-refractivity contribution is 0.591. The molecule has 152 valence electrons. The molecule has 3 aromatic carbocycles. The number of hydrogen-bond donors (Lipinski definition) is 0. The van der Waals surface area contributed by atoms with E-state index in [1.165, 1.54) is 18.2 Å². The smallest absolute Gasteiger partial charge is 0.208 e. The van der Waals surface area contributed by atoms with E-state index in [0.29, 0.717) is 5.56 Å². The maximum absolute atomic E-state index is 13.9. The van der Waals surface area contributed by atoms with Crippen LogP contribution in [0.3, 0.4) is 0 Å². The van der Waals surface area contributed by atoms with Gasteiger partial charge in [0.25, 0.3) is 0 Å². The van der Waals surface area contributed by atoms with Gasteiger partial charge in [0, 0.05) is 23.2 Å². The third-order valence-corrected chi connectivity index (χ3v) is 6.86. The molecule has 0 N–H and O–H groups in total. The summed E-state index contributed by atoms with van der Waals surface area (Å²) in [5.74, 6) is -2.15. The molecule has 9 heteroatoms. The molecule has 0 saturated carbocycles. The highest BCUT2D eigenvalue weighted by molar-refractivity contribution is 7.91. The molecule has 4 aromatic rings. The molecule has 30 heavy (non-hydrogen) atoms. The van der Waals surface area contributed by atoms with Crippen LogP contribution >= 0.6 is 23.2 Å². The van der Waals surface area contributed by atoms with Crippen LogP contribution in [0.2, 0.25) is 10.0 Å². The average Bonchev–Trinajstić information content (AvgIpc) is 2.71. The second-order valence-corrected chi connectivity index (χ2v) is 9.10. The molecule has 0 unspecified atom stereocenters. The normalized spacial score (nSPS) is 11.8. The first kappa shape index (κ1) is 20.7. The van der Waals surface area contributed by atoms with Crippen molar-refractivity contribution in [1.82, 2.24) is 4.98 Å². The number of hydrogen-bond acceptors (Lipinski definition) is 3. The van der Waals surface area contributed by atoms with Gasteiger partial charge in [0.15, 0.2) is 0 Å². The van der Waals surface area contributed by atoms with E-state index in [2.05, 4.69) is 4.98 Å². The molecule has 3 nitrogen and oxygen atoms in total. The Labute approximate surface area is 179 Å². The van der Waals surface area contributed by atoms with Crippen LogP contribution < -0.4 is 0 Å². The highest BCUT2D eigenvalue weighted by Gasteiger charge is 2.26. The van der Waals surface area contributed by atoms with Crippen molar-refractivity contribution in [1.29, 1.82) is 0 Å². The Morgan fingerprint density at radius 3 is 2.13 bits per heavy atom. The van der Waals surface area contributed by atoms with E-state index in [1.54, 1.807) is 0 Å². The van der Waals surface area contributed by atoms with Crippen LogP contribution in [0.4, 0.5) is 13.2 Å². The fraction of sp³-hybridized carbons (Fsp3) is 0. The van der Waals surface area contributed by atoms with Gasteiger partial charge in [0.2, 0.25) is 9.84 Å². The van der Waals surface area contributed by atoms with Crippen molar-refractivity contribution in [2.45, 2.75) is 9.79 Å². The number of benzene rings is 3. The van der Waals surface area contributed by atoms with Crippen LogP contribution in [0.5, 0.6) is 0 Å². The van der Waals surface area contributed by atoms with Crippen LogP contribution in [0.25, 0.3) is 22.0 Å². The number of rotatable bonds is 3. The SMILES string of the molecule is O=S(=O)(c1ccc(Cl)c(F)c1)c1cnc2cc(F)c(Cl)cc2c1-c1ccc(F)cc1. The molecular weight excluding hydrogens is 458 g/mol. The summed E-state index contributed by atoms with van der Waals surface area (Å²) >= 11 is 11.6. The minimum Gasteiger partial charge on any atom is -0.255 e. The zero-order valence-electron chi connectivity index (χ0n) is 14.8. The molecule has 0 radical (unpaired) electrons. The first-order valence-corrected chi connectivity index (χ1v) is 10.7. The fourth-order valence-electron chi connectivity index (χ4n) is 3.06. The van der Waals surface area contributed by atoms with Crippen molar-refractivity contribution in [2.75, 3.05) is 0 Å². The fourth-order valence-corrected chi connectivity index (χ4v) is 4.79. The van der Waals surface area contributed by atoms with E-state index in [9.17, 15) is 21.6 Å². The second kappa shape index (κ2) is 7.58. The van der Waals surface area contributed by atoms with Gasteiger partial charge in [-0.3, -0.25) is 4.98 Å². The molecule has 0 aliphatic carbocycles. The van der Waals surface area contributed by atoms with Crippen LogP contribution in [0.1, 0.15) is 0 Å². The molecule has 0 fully saturated rings. The molecule has 0 aliphatic heterocycles. The van der Waals surface area contributed by atoms with Gasteiger partial charge in [-0.1, -0.05) is 35.3 Å². The maximum atomic E-state index is 13.9. The van der Waals surface area contributed by atoms with Gasteiger partial charge in [-0.05, 0) is 42.0 Å². The molecule has 0 amide bonds. The summed E-state index contributed by atoms with van der Waals surface area (Å²) in [6.45, 7) is 0. The van der Waals surface area contributed by atoms with Crippen LogP contribution in [-0.2, 0) is 9.84 Å². The molecule has 0 spiro atoms. The van der Waals surface area contributed by atoms with Gasteiger partial charge >= 0.3 is 0 Å². The largest absolute Gasteiger partial charge is 0.255 e. The first-order valence-electron chi connectivity index (χ1n) is 8.42. The minimum atomic E-state index is -4.27. The van der Waals surface area contributed by atoms with Crippen LogP contribution in [-0.4, -0.2) is 13.4 Å². The molecule has 0 atom stereocenters. The number of pyridine rings is 1. The Morgan fingerprint density at radius 2 is 1.47 bits per heavy atom. The number of aromatic nitrogens is 1. The van der Waals surface area contributed by atoms with Crippen LogP contribution in [0, 0.1) is 17.5 Å². The second-order valence-electron chi connectivity index (χ2n) is 6.37. The number of fused-ring (bicyclic) bond motifs is 1. The Kier molecular flexibility index (Phi) is 5.22. The van der Waals surface area contributed by atoms with Crippen molar-refractivity contribution in [3.63, 3.8) is 0 Å². The van der Waals surface area contributed by atoms with E-state index in [1.807, 2.05) is 0 Å². The van der Waals surface area contributed by atoms with Crippen molar-refractivity contribution in [3.8, 4) is 11.1 Å². The zero-order chi connectivity index (χ0) is 21.6. The molecule has 0 aliphatic rings. The number of sulfone groups is 1. The van der Waals surface area contributed by atoms with Gasteiger partial charge in [0.1, 0.15) is 17.5 Å². The highest BCUT2D eigenvalue weighted by atomic mass is 35.5. The number of halogens is 5. The van der Waals surface area contributed by atoms with Gasteiger partial charge in [-0.25, -0.2) is 21.6 Å². The molecule has 4 rings (SSSR count). The Hall–Kier alpha value is -2.61. The van der Waals surface area contributed by atoms with Crippen molar-refractivity contribution < 1.29 is 21.6 Å².